The van der Waals surface area contributed by atoms with Gasteiger partial charge in [-0.1, -0.05) is 39.3 Å². The fraction of sp³-hybridized carbons (Fsp3) is 0.846. The number of nitrogens with one attached hydrogen (secondary N) is 1. The van der Waals surface area contributed by atoms with Crippen molar-refractivity contribution in [1.29, 1.82) is 0 Å². The van der Waals surface area contributed by atoms with Crippen LogP contribution in [0.25, 0.3) is 0 Å². The van der Waals surface area contributed by atoms with E-state index in [9.17, 15) is 0 Å². The monoisotopic (exact) mass is 195 g/mol. The molecule has 0 bridgehead atoms. The van der Waals surface area contributed by atoms with Gasteiger partial charge in [-0.2, -0.15) is 0 Å². The second-order valence-corrected chi connectivity index (χ2v) is 5.73. The second-order valence-electron chi connectivity index (χ2n) is 5.73. The van der Waals surface area contributed by atoms with E-state index in [-0.39, 0.29) is 0 Å². The van der Waals surface area contributed by atoms with Crippen LogP contribution in [0.5, 0.6) is 0 Å². The number of piperidine rings is 1. The summed E-state index contributed by atoms with van der Waals surface area (Å²) in [6.45, 7) is 11.6. The highest BCUT2D eigenvalue weighted by Gasteiger charge is 2.14. The molecule has 1 heterocycles. The highest BCUT2D eigenvalue weighted by Crippen LogP contribution is 2.24. The lowest BCUT2D eigenvalue weighted by atomic mass is 9.88. The predicted octanol–water partition coefficient (Wildman–Crippen LogP) is 3.37. The van der Waals surface area contributed by atoms with Crippen molar-refractivity contribution in [3.05, 3.63) is 11.6 Å². The molecule has 1 aliphatic heterocycles. The summed E-state index contributed by atoms with van der Waals surface area (Å²) in [5.74, 6) is 0.753. The molecule has 1 aliphatic rings. The van der Waals surface area contributed by atoms with Gasteiger partial charge in [-0.15, -0.1) is 0 Å². The van der Waals surface area contributed by atoms with Crippen LogP contribution in [0.4, 0.5) is 0 Å². The smallest absolute Gasteiger partial charge is 0.00143 e. The lowest BCUT2D eigenvalue weighted by Gasteiger charge is -2.23. The normalized spacial score (nSPS) is 26.9. The largest absolute Gasteiger partial charge is 0.316 e. The number of hydrogen-bond acceptors (Lipinski definition) is 1. The van der Waals surface area contributed by atoms with Crippen molar-refractivity contribution < 1.29 is 0 Å². The number of allylic oxidation sites excluding steroid dienone is 1. The molecule has 1 N–H and O–H groups in total. The highest BCUT2D eigenvalue weighted by molar-refractivity contribution is 5.09. The molecule has 0 amide bonds. The molecule has 0 aromatic carbocycles. The van der Waals surface area contributed by atoms with E-state index in [0.717, 1.165) is 5.92 Å². The maximum atomic E-state index is 3.43. The molecule has 1 rings (SSSR count). The Morgan fingerprint density at radius 2 is 2.14 bits per heavy atom. The minimum atomic E-state index is 0.479. The van der Waals surface area contributed by atoms with Crippen LogP contribution >= 0.6 is 0 Å². The average molecular weight is 195 g/mol. The van der Waals surface area contributed by atoms with Crippen LogP contribution in [0.1, 0.15) is 47.0 Å². The minimum Gasteiger partial charge on any atom is -0.316 e. The third-order valence-corrected chi connectivity index (χ3v) is 2.97. The van der Waals surface area contributed by atoms with Gasteiger partial charge in [0.25, 0.3) is 0 Å². The molecule has 0 saturated carbocycles. The van der Waals surface area contributed by atoms with Crippen LogP contribution in [0.2, 0.25) is 0 Å². The zero-order chi connectivity index (χ0) is 10.6. The molecule has 1 atom stereocenters. The quantitative estimate of drug-likeness (QED) is 0.666. The van der Waals surface area contributed by atoms with Crippen molar-refractivity contribution in [2.24, 2.45) is 11.3 Å². The summed E-state index contributed by atoms with van der Waals surface area (Å²) < 4.78 is 0. The Morgan fingerprint density at radius 1 is 1.43 bits per heavy atom. The molecular weight excluding hydrogens is 170 g/mol. The van der Waals surface area contributed by atoms with E-state index in [0.29, 0.717) is 5.41 Å². The molecule has 1 heteroatoms. The van der Waals surface area contributed by atoms with Crippen molar-refractivity contribution in [1.82, 2.24) is 5.32 Å². The fourth-order valence-electron chi connectivity index (χ4n) is 1.92. The van der Waals surface area contributed by atoms with Gasteiger partial charge in [-0.3, -0.25) is 0 Å². The van der Waals surface area contributed by atoms with Gasteiger partial charge in [0.2, 0.25) is 0 Å². The fourth-order valence-corrected chi connectivity index (χ4v) is 1.92. The Kier molecular flexibility index (Phi) is 4.18. The van der Waals surface area contributed by atoms with E-state index < -0.39 is 0 Å². The van der Waals surface area contributed by atoms with Gasteiger partial charge in [0.1, 0.15) is 0 Å². The molecule has 0 aliphatic carbocycles. The average Bonchev–Trinajstić information content (AvgIpc) is 2.06. The van der Waals surface area contributed by atoms with E-state index in [2.05, 4.69) is 39.1 Å². The van der Waals surface area contributed by atoms with Crippen molar-refractivity contribution >= 4 is 0 Å². The van der Waals surface area contributed by atoms with Crippen molar-refractivity contribution in [2.45, 2.75) is 47.0 Å². The molecule has 0 aromatic rings. The van der Waals surface area contributed by atoms with Crippen molar-refractivity contribution in [3.63, 3.8) is 0 Å². The summed E-state index contributed by atoms with van der Waals surface area (Å²) in [7, 11) is 0. The summed E-state index contributed by atoms with van der Waals surface area (Å²) in [5, 5.41) is 3.43. The maximum Gasteiger partial charge on any atom is 0.00143 e. The van der Waals surface area contributed by atoms with Crippen LogP contribution in [0.3, 0.4) is 0 Å². The zero-order valence-corrected chi connectivity index (χ0v) is 10.2. The van der Waals surface area contributed by atoms with Crippen LogP contribution < -0.4 is 5.32 Å². The van der Waals surface area contributed by atoms with E-state index in [4.69, 9.17) is 0 Å². The molecule has 1 fully saturated rings. The number of rotatable bonds is 2. The summed E-state index contributed by atoms with van der Waals surface area (Å²) in [5.41, 5.74) is 2.15. The van der Waals surface area contributed by atoms with Crippen molar-refractivity contribution in [2.75, 3.05) is 13.1 Å². The third-order valence-electron chi connectivity index (χ3n) is 2.97. The van der Waals surface area contributed by atoms with Gasteiger partial charge in [-0.05, 0) is 37.1 Å². The maximum absolute atomic E-state index is 3.43. The van der Waals surface area contributed by atoms with Gasteiger partial charge >= 0.3 is 0 Å². The molecule has 1 saturated heterocycles. The SMILES string of the molecule is CC1CNCC/C1=C\CCC(C)(C)C. The second kappa shape index (κ2) is 4.97. The molecule has 0 spiro atoms. The Morgan fingerprint density at radius 3 is 2.71 bits per heavy atom. The first kappa shape index (κ1) is 11.8. The Hall–Kier alpha value is -0.300. The zero-order valence-electron chi connectivity index (χ0n) is 10.2. The first-order chi connectivity index (χ1) is 6.49. The van der Waals surface area contributed by atoms with Gasteiger partial charge in [0.15, 0.2) is 0 Å². The van der Waals surface area contributed by atoms with Crippen molar-refractivity contribution in [3.8, 4) is 0 Å². The molecule has 0 aromatic heterocycles. The Labute approximate surface area is 89.0 Å². The molecule has 1 nitrogen and oxygen atoms in total. The lowest BCUT2D eigenvalue weighted by Crippen LogP contribution is -2.29. The predicted molar refractivity (Wildman–Crippen MR) is 63.4 cm³/mol. The summed E-state index contributed by atoms with van der Waals surface area (Å²) >= 11 is 0. The molecule has 82 valence electrons. The summed E-state index contributed by atoms with van der Waals surface area (Å²) in [6, 6.07) is 0. The molecule has 0 radical (unpaired) electrons. The summed E-state index contributed by atoms with van der Waals surface area (Å²) in [6.07, 6.45) is 6.29. The van der Waals surface area contributed by atoms with Gasteiger partial charge in [0.05, 0.1) is 0 Å². The molecular formula is C13H25N. The Balaban J connectivity index is 2.35. The van der Waals surface area contributed by atoms with E-state index in [1.165, 1.54) is 32.4 Å². The van der Waals surface area contributed by atoms with Crippen LogP contribution in [0.15, 0.2) is 11.6 Å². The van der Waals surface area contributed by atoms with Crippen LogP contribution in [-0.2, 0) is 0 Å². The third kappa shape index (κ3) is 4.28. The molecule has 14 heavy (non-hydrogen) atoms. The first-order valence-corrected chi connectivity index (χ1v) is 5.89. The minimum absolute atomic E-state index is 0.479. The lowest BCUT2D eigenvalue weighted by molar-refractivity contribution is 0.379. The van der Waals surface area contributed by atoms with Gasteiger partial charge in [0, 0.05) is 6.54 Å². The van der Waals surface area contributed by atoms with Crippen LogP contribution in [-0.4, -0.2) is 13.1 Å². The van der Waals surface area contributed by atoms with Gasteiger partial charge in [-0.25, -0.2) is 0 Å². The Bertz CT molecular complexity index is 198. The highest BCUT2D eigenvalue weighted by atomic mass is 14.9. The van der Waals surface area contributed by atoms with E-state index in [1.807, 2.05) is 0 Å². The van der Waals surface area contributed by atoms with Gasteiger partial charge < -0.3 is 5.32 Å². The van der Waals surface area contributed by atoms with Crippen LogP contribution in [0, 0.1) is 11.3 Å². The standard InChI is InChI=1S/C13H25N/c1-11-10-14-9-7-12(11)6-5-8-13(2,3)4/h6,11,14H,5,7-10H2,1-4H3/b12-6+. The topological polar surface area (TPSA) is 12.0 Å². The molecule has 1 unspecified atom stereocenters. The summed E-state index contributed by atoms with van der Waals surface area (Å²) in [4.78, 5) is 0. The van der Waals surface area contributed by atoms with E-state index >= 15 is 0 Å². The van der Waals surface area contributed by atoms with E-state index in [1.54, 1.807) is 5.57 Å². The number of hydrogen-bond donors (Lipinski definition) is 1. The first-order valence-electron chi connectivity index (χ1n) is 5.89.